The second-order valence-corrected chi connectivity index (χ2v) is 5.66. The molecule has 0 bridgehead atoms. The lowest BCUT2D eigenvalue weighted by Gasteiger charge is -2.05. The van der Waals surface area contributed by atoms with Crippen LogP contribution in [0.4, 0.5) is 0 Å². The molecule has 19 heavy (non-hydrogen) atoms. The molecule has 1 atom stereocenters. The Labute approximate surface area is 116 Å². The van der Waals surface area contributed by atoms with Gasteiger partial charge in [-0.05, 0) is 31.9 Å². The van der Waals surface area contributed by atoms with Gasteiger partial charge in [0.05, 0.1) is 6.10 Å². The standard InChI is InChI=1S/C14H16N2O2S/c1-10-4-6-11(7-5-10)13-15-16-14(18-13)19-9-12-3-2-8-17-12/h4-7,12H,2-3,8-9H2,1H3. The molecule has 0 N–H and O–H groups in total. The lowest BCUT2D eigenvalue weighted by Crippen LogP contribution is -2.07. The Balaban J connectivity index is 1.63. The fourth-order valence-corrected chi connectivity index (χ4v) is 2.85. The van der Waals surface area contributed by atoms with Gasteiger partial charge in [0, 0.05) is 17.9 Å². The zero-order valence-electron chi connectivity index (χ0n) is 10.8. The predicted molar refractivity (Wildman–Crippen MR) is 74.2 cm³/mol. The number of rotatable bonds is 4. The van der Waals surface area contributed by atoms with Crippen molar-refractivity contribution < 1.29 is 9.15 Å². The predicted octanol–water partition coefficient (Wildman–Crippen LogP) is 3.32. The molecule has 1 aromatic carbocycles. The van der Waals surface area contributed by atoms with Crippen molar-refractivity contribution in [2.45, 2.75) is 31.1 Å². The van der Waals surface area contributed by atoms with E-state index in [0.29, 0.717) is 17.2 Å². The number of ether oxygens (including phenoxy) is 1. The average molecular weight is 276 g/mol. The summed E-state index contributed by atoms with van der Waals surface area (Å²) >= 11 is 1.57. The van der Waals surface area contributed by atoms with Crippen molar-refractivity contribution in [3.05, 3.63) is 29.8 Å². The first-order valence-corrected chi connectivity index (χ1v) is 7.45. The number of hydrogen-bond acceptors (Lipinski definition) is 5. The number of aromatic nitrogens is 2. The van der Waals surface area contributed by atoms with Gasteiger partial charge >= 0.3 is 0 Å². The first-order valence-electron chi connectivity index (χ1n) is 6.46. The summed E-state index contributed by atoms with van der Waals surface area (Å²) in [4.78, 5) is 0. The number of nitrogens with zero attached hydrogens (tertiary/aromatic N) is 2. The quantitative estimate of drug-likeness (QED) is 0.802. The molecule has 0 radical (unpaired) electrons. The van der Waals surface area contributed by atoms with E-state index in [1.807, 2.05) is 24.3 Å². The Bertz CT molecular complexity index is 533. The van der Waals surface area contributed by atoms with Gasteiger partial charge in [0.1, 0.15) is 0 Å². The largest absolute Gasteiger partial charge is 0.411 e. The smallest absolute Gasteiger partial charge is 0.276 e. The van der Waals surface area contributed by atoms with Crippen molar-refractivity contribution >= 4 is 11.8 Å². The van der Waals surface area contributed by atoms with Crippen LogP contribution in [0.2, 0.25) is 0 Å². The molecule has 1 fully saturated rings. The van der Waals surface area contributed by atoms with Gasteiger partial charge < -0.3 is 9.15 Å². The molecule has 3 rings (SSSR count). The molecule has 0 aliphatic carbocycles. The van der Waals surface area contributed by atoms with Gasteiger partial charge in [-0.2, -0.15) is 0 Å². The molecule has 0 amide bonds. The number of aryl methyl sites for hydroxylation is 1. The molecular formula is C14H16N2O2S. The van der Waals surface area contributed by atoms with Crippen LogP contribution in [-0.2, 0) is 4.74 Å². The minimum Gasteiger partial charge on any atom is -0.411 e. The molecular weight excluding hydrogens is 260 g/mol. The highest BCUT2D eigenvalue weighted by Crippen LogP contribution is 2.26. The highest BCUT2D eigenvalue weighted by molar-refractivity contribution is 7.99. The Morgan fingerprint density at radius 2 is 2.11 bits per heavy atom. The van der Waals surface area contributed by atoms with Gasteiger partial charge in [0.2, 0.25) is 5.89 Å². The van der Waals surface area contributed by atoms with E-state index in [2.05, 4.69) is 17.1 Å². The molecule has 1 saturated heterocycles. The Hall–Kier alpha value is -1.33. The van der Waals surface area contributed by atoms with Crippen LogP contribution in [0.1, 0.15) is 18.4 Å². The summed E-state index contributed by atoms with van der Waals surface area (Å²) in [5.74, 6) is 1.46. The summed E-state index contributed by atoms with van der Waals surface area (Å²) in [6, 6.07) is 8.08. The van der Waals surface area contributed by atoms with Gasteiger partial charge in [0.25, 0.3) is 5.22 Å². The normalized spacial score (nSPS) is 18.9. The van der Waals surface area contributed by atoms with E-state index in [9.17, 15) is 0 Å². The van der Waals surface area contributed by atoms with E-state index in [-0.39, 0.29) is 0 Å². The molecule has 0 spiro atoms. The summed E-state index contributed by atoms with van der Waals surface area (Å²) in [6.07, 6.45) is 2.62. The number of hydrogen-bond donors (Lipinski definition) is 0. The second kappa shape index (κ2) is 5.75. The SMILES string of the molecule is Cc1ccc(-c2nnc(SCC3CCCO3)o2)cc1. The van der Waals surface area contributed by atoms with E-state index in [0.717, 1.165) is 30.8 Å². The van der Waals surface area contributed by atoms with Crippen molar-refractivity contribution in [2.75, 3.05) is 12.4 Å². The minimum absolute atomic E-state index is 0.333. The Kier molecular flexibility index (Phi) is 3.84. The summed E-state index contributed by atoms with van der Waals surface area (Å²) in [6.45, 7) is 2.93. The summed E-state index contributed by atoms with van der Waals surface area (Å²) < 4.78 is 11.2. The lowest BCUT2D eigenvalue weighted by atomic mass is 10.1. The van der Waals surface area contributed by atoms with Crippen LogP contribution in [0.5, 0.6) is 0 Å². The molecule has 1 aliphatic heterocycles. The first-order chi connectivity index (χ1) is 9.31. The minimum atomic E-state index is 0.333. The van der Waals surface area contributed by atoms with Crippen LogP contribution >= 0.6 is 11.8 Å². The molecule has 5 heteroatoms. The van der Waals surface area contributed by atoms with Crippen molar-refractivity contribution in [3.8, 4) is 11.5 Å². The lowest BCUT2D eigenvalue weighted by molar-refractivity contribution is 0.128. The van der Waals surface area contributed by atoms with Crippen LogP contribution in [0, 0.1) is 6.92 Å². The van der Waals surface area contributed by atoms with Crippen molar-refractivity contribution in [1.82, 2.24) is 10.2 Å². The zero-order valence-corrected chi connectivity index (χ0v) is 11.7. The molecule has 100 valence electrons. The van der Waals surface area contributed by atoms with Crippen LogP contribution in [0.25, 0.3) is 11.5 Å². The summed E-state index contributed by atoms with van der Waals surface area (Å²) in [5, 5.41) is 8.77. The third-order valence-electron chi connectivity index (χ3n) is 3.12. The van der Waals surface area contributed by atoms with Gasteiger partial charge in [-0.1, -0.05) is 29.5 Å². The summed E-state index contributed by atoms with van der Waals surface area (Å²) in [7, 11) is 0. The number of thioether (sulfide) groups is 1. The van der Waals surface area contributed by atoms with Gasteiger partial charge in [-0.15, -0.1) is 10.2 Å². The van der Waals surface area contributed by atoms with E-state index in [4.69, 9.17) is 9.15 Å². The van der Waals surface area contributed by atoms with Crippen LogP contribution < -0.4 is 0 Å². The van der Waals surface area contributed by atoms with Crippen LogP contribution in [0.15, 0.2) is 33.9 Å². The topological polar surface area (TPSA) is 48.2 Å². The number of benzene rings is 1. The van der Waals surface area contributed by atoms with E-state index >= 15 is 0 Å². The third kappa shape index (κ3) is 3.16. The highest BCUT2D eigenvalue weighted by Gasteiger charge is 2.17. The average Bonchev–Trinajstić information content (AvgIpc) is 3.09. The maximum absolute atomic E-state index is 5.65. The third-order valence-corrected chi connectivity index (χ3v) is 4.07. The van der Waals surface area contributed by atoms with Gasteiger partial charge in [-0.25, -0.2) is 0 Å². The maximum Gasteiger partial charge on any atom is 0.276 e. The van der Waals surface area contributed by atoms with Gasteiger partial charge in [-0.3, -0.25) is 0 Å². The van der Waals surface area contributed by atoms with E-state index in [1.54, 1.807) is 11.8 Å². The monoisotopic (exact) mass is 276 g/mol. The zero-order chi connectivity index (χ0) is 13.1. The molecule has 1 aliphatic rings. The highest BCUT2D eigenvalue weighted by atomic mass is 32.2. The van der Waals surface area contributed by atoms with Crippen molar-refractivity contribution in [2.24, 2.45) is 0 Å². The Morgan fingerprint density at radius 1 is 1.26 bits per heavy atom. The Morgan fingerprint density at radius 3 is 2.84 bits per heavy atom. The van der Waals surface area contributed by atoms with Gasteiger partial charge in [0.15, 0.2) is 0 Å². The van der Waals surface area contributed by atoms with Crippen LogP contribution in [-0.4, -0.2) is 28.7 Å². The fraction of sp³-hybridized carbons (Fsp3) is 0.429. The molecule has 2 heterocycles. The van der Waals surface area contributed by atoms with Crippen molar-refractivity contribution in [1.29, 1.82) is 0 Å². The fourth-order valence-electron chi connectivity index (χ4n) is 2.02. The van der Waals surface area contributed by atoms with Crippen LogP contribution in [0.3, 0.4) is 0 Å². The molecule has 4 nitrogen and oxygen atoms in total. The molecule has 1 unspecified atom stereocenters. The first kappa shape index (κ1) is 12.7. The summed E-state index contributed by atoms with van der Waals surface area (Å²) in [5.41, 5.74) is 2.18. The van der Waals surface area contributed by atoms with E-state index in [1.165, 1.54) is 5.56 Å². The molecule has 0 saturated carbocycles. The molecule has 2 aromatic rings. The second-order valence-electron chi connectivity index (χ2n) is 4.69. The maximum atomic E-state index is 5.65. The molecule has 1 aromatic heterocycles. The van der Waals surface area contributed by atoms with Crippen molar-refractivity contribution in [3.63, 3.8) is 0 Å². The van der Waals surface area contributed by atoms with E-state index < -0.39 is 0 Å².